The first kappa shape index (κ1) is 25.8. The second kappa shape index (κ2) is 11.1. The van der Waals surface area contributed by atoms with Crippen LogP contribution in [0.4, 0.5) is 17.1 Å². The lowest BCUT2D eigenvalue weighted by molar-refractivity contribution is 1.13. The van der Waals surface area contributed by atoms with Crippen LogP contribution in [0.2, 0.25) is 0 Å². The van der Waals surface area contributed by atoms with Crippen LogP contribution in [0.25, 0.3) is 49.6 Å². The van der Waals surface area contributed by atoms with Crippen molar-refractivity contribution in [2.75, 3.05) is 4.90 Å². The van der Waals surface area contributed by atoms with Gasteiger partial charge in [-0.2, -0.15) is 0 Å². The van der Waals surface area contributed by atoms with Crippen LogP contribution in [0.3, 0.4) is 0 Å². The molecule has 0 saturated heterocycles. The van der Waals surface area contributed by atoms with Crippen molar-refractivity contribution in [3.05, 3.63) is 182 Å². The molecule has 0 amide bonds. The van der Waals surface area contributed by atoms with E-state index in [1.165, 1.54) is 49.6 Å². The maximum atomic E-state index is 2.37. The molecule has 0 fully saturated rings. The van der Waals surface area contributed by atoms with E-state index in [1.54, 1.807) is 0 Å². The van der Waals surface area contributed by atoms with Crippen LogP contribution in [0.5, 0.6) is 0 Å². The summed E-state index contributed by atoms with van der Waals surface area (Å²) in [5, 5.41) is 3.68. The topological polar surface area (TPSA) is 8.17 Å². The summed E-state index contributed by atoms with van der Waals surface area (Å²) in [7, 11) is 0. The Labute approximate surface area is 257 Å². The predicted octanol–water partition coefficient (Wildman–Crippen LogP) is 11.6. The molecule has 0 bridgehead atoms. The molecule has 0 N–H and O–H groups in total. The Kier molecular flexibility index (Phi) is 6.51. The van der Waals surface area contributed by atoms with Crippen LogP contribution in [0.15, 0.2) is 182 Å². The quantitative estimate of drug-likeness (QED) is 0.196. The fourth-order valence-corrected chi connectivity index (χ4v) is 6.20. The average molecular weight is 563 g/mol. The van der Waals surface area contributed by atoms with Crippen LogP contribution in [0.1, 0.15) is 0 Å². The van der Waals surface area contributed by atoms with E-state index in [2.05, 4.69) is 192 Å². The Morgan fingerprint density at radius 1 is 0.386 bits per heavy atom. The van der Waals surface area contributed by atoms with Gasteiger partial charge in [-0.25, -0.2) is 0 Å². The number of aromatic nitrogens is 1. The van der Waals surface area contributed by atoms with Crippen molar-refractivity contribution in [3.63, 3.8) is 0 Å². The second-order valence-corrected chi connectivity index (χ2v) is 11.1. The van der Waals surface area contributed by atoms with Gasteiger partial charge in [-0.15, -0.1) is 0 Å². The molecule has 2 nitrogen and oxygen atoms in total. The van der Waals surface area contributed by atoms with Gasteiger partial charge < -0.3 is 9.47 Å². The van der Waals surface area contributed by atoms with E-state index in [9.17, 15) is 0 Å². The molecule has 0 saturated carbocycles. The molecule has 8 rings (SSSR count). The summed E-state index contributed by atoms with van der Waals surface area (Å²) in [6.07, 6.45) is 2.15. The summed E-state index contributed by atoms with van der Waals surface area (Å²) in [6, 6.07) is 63.0. The fraction of sp³-hybridized carbons (Fsp3) is 0. The first-order chi connectivity index (χ1) is 21.8. The molecule has 0 aliphatic rings. The third-order valence-corrected chi connectivity index (χ3v) is 8.42. The standard InChI is InChI=1S/C42H30N2/c1-3-10-31(11-4-1)32-18-23-38(24-19-32)44(42-17-9-13-34-12-7-8-16-40(34)42)39-25-20-33(21-26-39)35-22-27-41-36(30-35)28-29-43(41)37-14-5-2-6-15-37/h1-30H. The average Bonchev–Trinajstić information content (AvgIpc) is 3.53. The van der Waals surface area contributed by atoms with E-state index in [0.717, 1.165) is 17.1 Å². The van der Waals surface area contributed by atoms with Crippen molar-refractivity contribution in [1.82, 2.24) is 4.57 Å². The number of rotatable bonds is 6. The van der Waals surface area contributed by atoms with Crippen LogP contribution < -0.4 is 4.90 Å². The van der Waals surface area contributed by atoms with Crippen molar-refractivity contribution in [2.24, 2.45) is 0 Å². The normalized spacial score (nSPS) is 11.2. The van der Waals surface area contributed by atoms with E-state index >= 15 is 0 Å². The number of fused-ring (bicyclic) bond motifs is 2. The zero-order chi connectivity index (χ0) is 29.3. The molecule has 2 heteroatoms. The minimum absolute atomic E-state index is 1.12. The highest BCUT2D eigenvalue weighted by molar-refractivity contribution is 5.99. The lowest BCUT2D eigenvalue weighted by atomic mass is 10.0. The number of para-hydroxylation sites is 1. The van der Waals surface area contributed by atoms with Gasteiger partial charge in [-0.05, 0) is 88.3 Å². The van der Waals surface area contributed by atoms with E-state index in [0.29, 0.717) is 0 Å². The minimum atomic E-state index is 1.12. The van der Waals surface area contributed by atoms with Gasteiger partial charge in [0.05, 0.1) is 11.2 Å². The van der Waals surface area contributed by atoms with Gasteiger partial charge >= 0.3 is 0 Å². The minimum Gasteiger partial charge on any atom is -0.317 e. The van der Waals surface area contributed by atoms with Gasteiger partial charge in [-0.1, -0.05) is 115 Å². The second-order valence-electron chi connectivity index (χ2n) is 11.1. The largest absolute Gasteiger partial charge is 0.317 e. The number of anilines is 3. The lowest BCUT2D eigenvalue weighted by Gasteiger charge is -2.27. The van der Waals surface area contributed by atoms with E-state index < -0.39 is 0 Å². The summed E-state index contributed by atoms with van der Waals surface area (Å²) in [6.45, 7) is 0. The van der Waals surface area contributed by atoms with Gasteiger partial charge in [0.2, 0.25) is 0 Å². The van der Waals surface area contributed by atoms with Crippen LogP contribution in [-0.2, 0) is 0 Å². The van der Waals surface area contributed by atoms with Crippen molar-refractivity contribution >= 4 is 38.7 Å². The molecule has 0 spiro atoms. The van der Waals surface area contributed by atoms with Gasteiger partial charge in [0.25, 0.3) is 0 Å². The molecular weight excluding hydrogens is 532 g/mol. The zero-order valence-electron chi connectivity index (χ0n) is 24.2. The maximum absolute atomic E-state index is 2.37. The summed E-state index contributed by atoms with van der Waals surface area (Å²) >= 11 is 0. The number of nitrogens with zero attached hydrogens (tertiary/aromatic N) is 2. The van der Waals surface area contributed by atoms with Crippen molar-refractivity contribution < 1.29 is 0 Å². The van der Waals surface area contributed by atoms with Crippen LogP contribution >= 0.6 is 0 Å². The lowest BCUT2D eigenvalue weighted by Crippen LogP contribution is -2.10. The molecule has 208 valence electrons. The van der Waals surface area contributed by atoms with E-state index in [1.807, 2.05) is 0 Å². The Bertz CT molecular complexity index is 2190. The highest BCUT2D eigenvalue weighted by Crippen LogP contribution is 2.40. The molecule has 8 aromatic rings. The zero-order valence-corrected chi connectivity index (χ0v) is 24.2. The van der Waals surface area contributed by atoms with Gasteiger partial charge in [0, 0.05) is 34.0 Å². The van der Waals surface area contributed by atoms with Gasteiger partial charge in [-0.3, -0.25) is 0 Å². The number of hydrogen-bond acceptors (Lipinski definition) is 1. The molecule has 44 heavy (non-hydrogen) atoms. The Balaban J connectivity index is 1.18. The molecule has 0 radical (unpaired) electrons. The Morgan fingerprint density at radius 3 is 1.68 bits per heavy atom. The molecule has 7 aromatic carbocycles. The molecule has 1 heterocycles. The first-order valence-electron chi connectivity index (χ1n) is 15.0. The summed E-state index contributed by atoms with van der Waals surface area (Å²) in [4.78, 5) is 2.37. The van der Waals surface area contributed by atoms with Gasteiger partial charge in [0.1, 0.15) is 0 Å². The maximum Gasteiger partial charge on any atom is 0.0540 e. The predicted molar refractivity (Wildman–Crippen MR) is 186 cm³/mol. The van der Waals surface area contributed by atoms with Crippen LogP contribution in [-0.4, -0.2) is 4.57 Å². The van der Waals surface area contributed by atoms with Crippen LogP contribution in [0, 0.1) is 0 Å². The van der Waals surface area contributed by atoms with Crippen molar-refractivity contribution in [2.45, 2.75) is 0 Å². The van der Waals surface area contributed by atoms with Gasteiger partial charge in [0.15, 0.2) is 0 Å². The number of benzene rings is 7. The third-order valence-electron chi connectivity index (χ3n) is 8.42. The molecule has 0 atom stereocenters. The molecule has 0 aliphatic heterocycles. The fourth-order valence-electron chi connectivity index (χ4n) is 6.20. The molecule has 0 unspecified atom stereocenters. The summed E-state index contributed by atoms with van der Waals surface area (Å²) in [5.74, 6) is 0. The third kappa shape index (κ3) is 4.73. The summed E-state index contributed by atoms with van der Waals surface area (Å²) in [5.41, 5.74) is 10.6. The Hall–Kier alpha value is -5.86. The van der Waals surface area contributed by atoms with E-state index in [-0.39, 0.29) is 0 Å². The SMILES string of the molecule is c1ccc(-c2ccc(N(c3ccc(-c4ccc5c(ccn5-c5ccccc5)c4)cc3)c3cccc4ccccc34)cc2)cc1. The summed E-state index contributed by atoms with van der Waals surface area (Å²) < 4.78 is 2.24. The molecular formula is C42H30N2. The smallest absolute Gasteiger partial charge is 0.0540 e. The van der Waals surface area contributed by atoms with Crippen molar-refractivity contribution in [1.29, 1.82) is 0 Å². The Morgan fingerprint density at radius 2 is 0.955 bits per heavy atom. The number of hydrogen-bond donors (Lipinski definition) is 0. The molecule has 1 aromatic heterocycles. The monoisotopic (exact) mass is 562 g/mol. The molecule has 0 aliphatic carbocycles. The highest BCUT2D eigenvalue weighted by Gasteiger charge is 2.16. The van der Waals surface area contributed by atoms with E-state index in [4.69, 9.17) is 0 Å². The highest BCUT2D eigenvalue weighted by atomic mass is 15.1. The van der Waals surface area contributed by atoms with Crippen molar-refractivity contribution in [3.8, 4) is 27.9 Å². The first-order valence-corrected chi connectivity index (χ1v) is 15.0.